The van der Waals surface area contributed by atoms with E-state index in [0.29, 0.717) is 5.69 Å². The van der Waals surface area contributed by atoms with E-state index < -0.39 is 0 Å². The molecule has 28 heavy (non-hydrogen) atoms. The van der Waals surface area contributed by atoms with Gasteiger partial charge in [-0.2, -0.15) is 5.26 Å². The van der Waals surface area contributed by atoms with Crippen LogP contribution in [0.3, 0.4) is 0 Å². The highest BCUT2D eigenvalue weighted by atomic mass is 32.1. The molecule has 2 saturated heterocycles. The van der Waals surface area contributed by atoms with Gasteiger partial charge in [0.25, 0.3) is 0 Å². The van der Waals surface area contributed by atoms with Gasteiger partial charge in [0.15, 0.2) is 10.8 Å². The van der Waals surface area contributed by atoms with Crippen LogP contribution in [0.4, 0.5) is 10.9 Å². The Morgan fingerprint density at radius 1 is 1.29 bits per heavy atom. The molecule has 2 aliphatic heterocycles. The molecular weight excluding hydrogens is 370 g/mol. The average Bonchev–Trinajstić information content (AvgIpc) is 3.42. The Bertz CT molecular complexity index is 1030. The van der Waals surface area contributed by atoms with Gasteiger partial charge in [-0.3, -0.25) is 0 Å². The lowest BCUT2D eigenvalue weighted by Crippen LogP contribution is -2.58. The van der Waals surface area contributed by atoms with Crippen LogP contribution in [0.15, 0.2) is 24.0 Å². The quantitative estimate of drug-likeness (QED) is 0.734. The van der Waals surface area contributed by atoms with Crippen molar-refractivity contribution in [3.8, 4) is 6.07 Å². The summed E-state index contributed by atoms with van der Waals surface area (Å²) in [6, 6.07) is 4.23. The first-order chi connectivity index (χ1) is 13.7. The van der Waals surface area contributed by atoms with Crippen LogP contribution in [0.5, 0.6) is 0 Å². The first-order valence-electron chi connectivity index (χ1n) is 9.86. The summed E-state index contributed by atoms with van der Waals surface area (Å²) in [6.07, 6.45) is 7.10. The van der Waals surface area contributed by atoms with Gasteiger partial charge < -0.3 is 14.8 Å². The summed E-state index contributed by atoms with van der Waals surface area (Å²) in [5, 5.41) is 13.1. The molecule has 7 nitrogen and oxygen atoms in total. The van der Waals surface area contributed by atoms with Gasteiger partial charge >= 0.3 is 0 Å². The van der Waals surface area contributed by atoms with E-state index in [1.54, 1.807) is 17.7 Å². The summed E-state index contributed by atoms with van der Waals surface area (Å²) >= 11 is 1.58. The first-order valence-corrected chi connectivity index (χ1v) is 10.7. The van der Waals surface area contributed by atoms with Crippen LogP contribution >= 0.6 is 11.3 Å². The Morgan fingerprint density at radius 3 is 2.89 bits per heavy atom. The zero-order valence-electron chi connectivity index (χ0n) is 15.9. The lowest BCUT2D eigenvalue weighted by Gasteiger charge is -2.54. The van der Waals surface area contributed by atoms with Crippen LogP contribution < -0.4 is 9.80 Å². The Kier molecular flexibility index (Phi) is 4.20. The van der Waals surface area contributed by atoms with E-state index >= 15 is 0 Å². The van der Waals surface area contributed by atoms with Gasteiger partial charge in [0.05, 0.1) is 5.39 Å². The molecule has 2 fully saturated rings. The topological polar surface area (TPSA) is 84.7 Å². The van der Waals surface area contributed by atoms with Crippen molar-refractivity contribution in [2.24, 2.45) is 11.3 Å². The second-order valence-electron chi connectivity index (χ2n) is 7.90. The monoisotopic (exact) mass is 393 g/mol. The van der Waals surface area contributed by atoms with E-state index in [0.717, 1.165) is 60.5 Å². The number of thiazole rings is 1. The number of anilines is 2. The van der Waals surface area contributed by atoms with Crippen molar-refractivity contribution in [3.05, 3.63) is 29.7 Å². The maximum Gasteiger partial charge on any atom is 0.186 e. The van der Waals surface area contributed by atoms with E-state index in [4.69, 9.17) is 5.26 Å². The minimum Gasteiger partial charge on any atom is -0.355 e. The summed E-state index contributed by atoms with van der Waals surface area (Å²) in [5.74, 6) is 1.76. The Labute approximate surface area is 168 Å². The molecular formula is C20H23N7S. The van der Waals surface area contributed by atoms with E-state index in [1.807, 2.05) is 11.6 Å². The molecule has 2 unspecified atom stereocenters. The van der Waals surface area contributed by atoms with Crippen molar-refractivity contribution in [1.82, 2.24) is 19.9 Å². The van der Waals surface area contributed by atoms with E-state index in [-0.39, 0.29) is 5.41 Å². The van der Waals surface area contributed by atoms with Crippen LogP contribution in [0.25, 0.3) is 11.0 Å². The highest BCUT2D eigenvalue weighted by Crippen LogP contribution is 2.46. The third-order valence-corrected chi connectivity index (χ3v) is 7.49. The summed E-state index contributed by atoms with van der Waals surface area (Å²) in [6.45, 7) is 6.37. The fourth-order valence-electron chi connectivity index (χ4n) is 5.03. The number of H-pyrrole nitrogens is 1. The number of nitriles is 1. The molecule has 0 saturated carbocycles. The number of hydrogen-bond donors (Lipinski definition) is 1. The normalized spacial score (nSPS) is 24.9. The van der Waals surface area contributed by atoms with E-state index in [2.05, 4.69) is 48.8 Å². The molecule has 5 rings (SSSR count). The van der Waals surface area contributed by atoms with Gasteiger partial charge in [0.1, 0.15) is 23.9 Å². The predicted octanol–water partition coefficient (Wildman–Crippen LogP) is 3.42. The number of fused-ring (bicyclic) bond motifs is 2. The van der Waals surface area contributed by atoms with Crippen LogP contribution in [-0.4, -0.2) is 46.1 Å². The highest BCUT2D eigenvalue weighted by Gasteiger charge is 2.46. The highest BCUT2D eigenvalue weighted by molar-refractivity contribution is 7.13. The molecule has 0 aliphatic carbocycles. The summed E-state index contributed by atoms with van der Waals surface area (Å²) in [7, 11) is 0. The van der Waals surface area contributed by atoms with Crippen LogP contribution in [-0.2, 0) is 0 Å². The van der Waals surface area contributed by atoms with Crippen LogP contribution in [0.2, 0.25) is 0 Å². The molecule has 2 atom stereocenters. The lowest BCUT2D eigenvalue weighted by molar-refractivity contribution is 0.0990. The Morgan fingerprint density at radius 2 is 2.11 bits per heavy atom. The number of nitrogens with one attached hydrogen (secondary N) is 1. The number of aromatic amines is 1. The molecule has 3 aromatic heterocycles. The van der Waals surface area contributed by atoms with Gasteiger partial charge in [-0.15, -0.1) is 11.3 Å². The predicted molar refractivity (Wildman–Crippen MR) is 111 cm³/mol. The summed E-state index contributed by atoms with van der Waals surface area (Å²) in [4.78, 5) is 21.5. The minimum absolute atomic E-state index is 0.211. The molecule has 5 heterocycles. The fourth-order valence-corrected chi connectivity index (χ4v) is 5.81. The van der Waals surface area contributed by atoms with Crippen molar-refractivity contribution in [2.45, 2.75) is 26.2 Å². The maximum atomic E-state index is 9.12. The number of hydrogen-bond acceptors (Lipinski definition) is 7. The second kappa shape index (κ2) is 6.74. The summed E-state index contributed by atoms with van der Waals surface area (Å²) in [5.41, 5.74) is 1.63. The molecule has 2 aliphatic rings. The van der Waals surface area contributed by atoms with Gasteiger partial charge in [0, 0.05) is 43.2 Å². The standard InChI is InChI=1S/C20H23N7S/c1-2-20-11-26(18-16-3-6-22-17(16)23-13-24-18)7-4-14(20)5-8-27(12-20)19-25-15(9-21)10-28-19/h3,6,10,13-14H,2,4-5,7-8,11-12H2,1H3,(H,22,23,24). The smallest absolute Gasteiger partial charge is 0.186 e. The zero-order valence-corrected chi connectivity index (χ0v) is 16.7. The average molecular weight is 394 g/mol. The molecule has 0 radical (unpaired) electrons. The number of nitrogens with zero attached hydrogens (tertiary/aromatic N) is 6. The molecule has 8 heteroatoms. The number of rotatable bonds is 3. The van der Waals surface area contributed by atoms with Crippen molar-refractivity contribution in [3.63, 3.8) is 0 Å². The molecule has 0 bridgehead atoms. The largest absolute Gasteiger partial charge is 0.355 e. The van der Waals surface area contributed by atoms with E-state index in [9.17, 15) is 0 Å². The number of piperidine rings is 2. The third kappa shape index (κ3) is 2.73. The van der Waals surface area contributed by atoms with Crippen LogP contribution in [0, 0.1) is 22.7 Å². The molecule has 0 amide bonds. The SMILES string of the molecule is CCC12CN(c3nc(C#N)cs3)CCC1CCN(c1ncnc3[nH]ccc13)C2. The van der Waals surface area contributed by atoms with Crippen molar-refractivity contribution >= 4 is 33.3 Å². The second-order valence-corrected chi connectivity index (χ2v) is 8.73. The Hall–Kier alpha value is -2.66. The van der Waals surface area contributed by atoms with Gasteiger partial charge in [-0.1, -0.05) is 6.92 Å². The maximum absolute atomic E-state index is 9.12. The zero-order chi connectivity index (χ0) is 19.1. The number of aromatic nitrogens is 4. The molecule has 3 aromatic rings. The van der Waals surface area contributed by atoms with Gasteiger partial charge in [0.2, 0.25) is 0 Å². The Balaban J connectivity index is 1.45. The molecule has 144 valence electrons. The fraction of sp³-hybridized carbons (Fsp3) is 0.500. The van der Waals surface area contributed by atoms with Crippen molar-refractivity contribution < 1.29 is 0 Å². The molecule has 1 N–H and O–H groups in total. The third-order valence-electron chi connectivity index (χ3n) is 6.59. The van der Waals surface area contributed by atoms with Gasteiger partial charge in [-0.05, 0) is 31.2 Å². The van der Waals surface area contributed by atoms with Crippen molar-refractivity contribution in [1.29, 1.82) is 5.26 Å². The van der Waals surface area contributed by atoms with Gasteiger partial charge in [-0.25, -0.2) is 15.0 Å². The van der Waals surface area contributed by atoms with E-state index in [1.165, 1.54) is 12.8 Å². The molecule has 0 spiro atoms. The minimum atomic E-state index is 0.211. The van der Waals surface area contributed by atoms with Crippen LogP contribution in [0.1, 0.15) is 31.9 Å². The summed E-state index contributed by atoms with van der Waals surface area (Å²) < 4.78 is 0. The lowest BCUT2D eigenvalue weighted by atomic mass is 9.65. The van der Waals surface area contributed by atoms with Crippen molar-refractivity contribution in [2.75, 3.05) is 36.0 Å². The molecule has 0 aromatic carbocycles. The first kappa shape index (κ1) is 17.4.